The number of hydrogen-bond donors (Lipinski definition) is 1. The molecule has 0 spiro atoms. The summed E-state index contributed by atoms with van der Waals surface area (Å²) in [5.41, 5.74) is 2.80. The Morgan fingerprint density at radius 2 is 2.04 bits per heavy atom. The second-order valence-electron chi connectivity index (χ2n) is 6.99. The van der Waals surface area contributed by atoms with Crippen molar-refractivity contribution in [3.63, 3.8) is 0 Å². The normalized spacial score (nSPS) is 16.8. The molecule has 2 aromatic carbocycles. The minimum atomic E-state index is -0.354. The minimum Gasteiger partial charge on any atom is -0.446 e. The van der Waals surface area contributed by atoms with Crippen molar-refractivity contribution in [3.05, 3.63) is 64.4 Å². The maximum absolute atomic E-state index is 13.1. The van der Waals surface area contributed by atoms with E-state index in [1.165, 1.54) is 12.1 Å². The lowest BCUT2D eigenvalue weighted by atomic mass is 10.0. The molecule has 0 radical (unpaired) electrons. The van der Waals surface area contributed by atoms with E-state index in [1.807, 2.05) is 32.0 Å². The number of rotatable bonds is 4. The largest absolute Gasteiger partial charge is 0.446 e. The van der Waals surface area contributed by atoms with Gasteiger partial charge in [0.05, 0.1) is 11.8 Å². The van der Waals surface area contributed by atoms with Crippen LogP contribution in [0, 0.1) is 5.82 Å². The summed E-state index contributed by atoms with van der Waals surface area (Å²) >= 11 is 6.21. The van der Waals surface area contributed by atoms with Gasteiger partial charge in [-0.2, -0.15) is 0 Å². The van der Waals surface area contributed by atoms with E-state index in [9.17, 15) is 9.18 Å². The third kappa shape index (κ3) is 4.99. The van der Waals surface area contributed by atoms with Crippen LogP contribution in [0.1, 0.15) is 43.9 Å². The maximum Gasteiger partial charge on any atom is 0.414 e. The lowest BCUT2D eigenvalue weighted by Gasteiger charge is -2.25. The quantitative estimate of drug-likeness (QED) is 0.754. The Hall–Kier alpha value is -2.11. The number of ether oxygens (including phenoxy) is 1. The van der Waals surface area contributed by atoms with Crippen LogP contribution in [0.2, 0.25) is 5.02 Å². The predicted molar refractivity (Wildman–Crippen MR) is 106 cm³/mol. The molecule has 1 N–H and O–H groups in total. The van der Waals surface area contributed by atoms with Crippen LogP contribution in [0.4, 0.5) is 14.9 Å². The molecule has 0 fully saturated rings. The summed E-state index contributed by atoms with van der Waals surface area (Å²) in [5.74, 6) is -0.243. The van der Waals surface area contributed by atoms with Crippen molar-refractivity contribution in [2.24, 2.45) is 0 Å². The van der Waals surface area contributed by atoms with Gasteiger partial charge in [-0.1, -0.05) is 29.8 Å². The molecule has 1 amide bonds. The summed E-state index contributed by atoms with van der Waals surface area (Å²) in [6.45, 7) is 4.86. The van der Waals surface area contributed by atoms with E-state index >= 15 is 0 Å². The Bertz CT molecular complexity index is 795. The highest BCUT2D eigenvalue weighted by atomic mass is 35.5. The van der Waals surface area contributed by atoms with Crippen LogP contribution >= 0.6 is 11.6 Å². The van der Waals surface area contributed by atoms with Crippen molar-refractivity contribution in [2.45, 2.75) is 45.4 Å². The van der Waals surface area contributed by atoms with E-state index in [0.717, 1.165) is 29.7 Å². The van der Waals surface area contributed by atoms with E-state index in [2.05, 4.69) is 5.32 Å². The van der Waals surface area contributed by atoms with Crippen LogP contribution in [-0.4, -0.2) is 18.7 Å². The van der Waals surface area contributed by atoms with Crippen molar-refractivity contribution in [2.75, 3.05) is 11.4 Å². The molecule has 1 aliphatic rings. The zero-order valence-corrected chi connectivity index (χ0v) is 16.3. The van der Waals surface area contributed by atoms with Crippen molar-refractivity contribution >= 4 is 23.4 Å². The van der Waals surface area contributed by atoms with Crippen LogP contribution in [0.25, 0.3) is 0 Å². The van der Waals surface area contributed by atoms with Crippen LogP contribution < -0.4 is 10.2 Å². The number of nitrogens with one attached hydrogen (secondary N) is 1. The van der Waals surface area contributed by atoms with Gasteiger partial charge in [0, 0.05) is 24.2 Å². The van der Waals surface area contributed by atoms with Gasteiger partial charge in [0.15, 0.2) is 0 Å². The second-order valence-corrected chi connectivity index (χ2v) is 7.43. The average molecular weight is 391 g/mol. The lowest BCUT2D eigenvalue weighted by Crippen LogP contribution is -2.34. The average Bonchev–Trinajstić information content (AvgIpc) is 2.79. The topological polar surface area (TPSA) is 41.6 Å². The molecular formula is C21H24ClFN2O2. The second kappa shape index (κ2) is 8.72. The fraction of sp³-hybridized carbons (Fsp3) is 0.381. The van der Waals surface area contributed by atoms with E-state index in [-0.39, 0.29) is 24.1 Å². The third-order valence-corrected chi connectivity index (χ3v) is 4.79. The fourth-order valence-electron chi connectivity index (χ4n) is 3.28. The monoisotopic (exact) mass is 390 g/mol. The van der Waals surface area contributed by atoms with Gasteiger partial charge in [-0.3, -0.25) is 4.90 Å². The van der Waals surface area contributed by atoms with E-state index in [1.54, 1.807) is 17.0 Å². The van der Waals surface area contributed by atoms with E-state index in [4.69, 9.17) is 16.3 Å². The zero-order valence-electron chi connectivity index (χ0n) is 15.5. The Morgan fingerprint density at radius 3 is 2.74 bits per heavy atom. The fourth-order valence-corrected chi connectivity index (χ4v) is 3.45. The molecule has 0 saturated carbocycles. The molecule has 1 unspecified atom stereocenters. The summed E-state index contributed by atoms with van der Waals surface area (Å²) < 4.78 is 18.5. The van der Waals surface area contributed by atoms with Crippen molar-refractivity contribution in [1.82, 2.24) is 5.32 Å². The summed E-state index contributed by atoms with van der Waals surface area (Å²) in [7, 11) is 0. The summed E-state index contributed by atoms with van der Waals surface area (Å²) in [6, 6.07) is 12.1. The first-order valence-electron chi connectivity index (χ1n) is 9.19. The molecule has 0 aromatic heterocycles. The number of carbonyl (C=O) groups excluding carboxylic acids is 1. The smallest absolute Gasteiger partial charge is 0.414 e. The van der Waals surface area contributed by atoms with Gasteiger partial charge in [0.25, 0.3) is 0 Å². The molecule has 0 bridgehead atoms. The molecule has 0 saturated heterocycles. The number of carbonyl (C=O) groups is 1. The van der Waals surface area contributed by atoms with Gasteiger partial charge in [0.2, 0.25) is 0 Å². The number of anilines is 1. The van der Waals surface area contributed by atoms with E-state index in [0.29, 0.717) is 18.1 Å². The molecule has 1 heterocycles. The first kappa shape index (κ1) is 19.6. The van der Waals surface area contributed by atoms with Crippen molar-refractivity contribution in [3.8, 4) is 0 Å². The first-order valence-corrected chi connectivity index (χ1v) is 9.57. The highest BCUT2D eigenvalue weighted by molar-refractivity contribution is 6.31. The van der Waals surface area contributed by atoms with Gasteiger partial charge < -0.3 is 10.1 Å². The molecule has 1 atom stereocenters. The van der Waals surface area contributed by atoms with Crippen LogP contribution in [-0.2, 0) is 11.3 Å². The number of halogens is 2. The standard InChI is InChI=1S/C21H24ClFN2O2/c1-14(2)27-21(26)25-11-3-4-19(18-10-7-16(22)12-20(18)25)24-13-15-5-8-17(23)9-6-15/h5-10,12,14,19,24H,3-4,11,13H2,1-2H3. The molecule has 144 valence electrons. The van der Waals surface area contributed by atoms with Gasteiger partial charge in [-0.15, -0.1) is 0 Å². The van der Waals surface area contributed by atoms with Gasteiger partial charge in [-0.05, 0) is 62.1 Å². The van der Waals surface area contributed by atoms with Gasteiger partial charge in [0.1, 0.15) is 5.82 Å². The molecule has 2 aromatic rings. The number of benzene rings is 2. The van der Waals surface area contributed by atoms with E-state index < -0.39 is 0 Å². The number of nitrogens with zero attached hydrogens (tertiary/aromatic N) is 1. The molecule has 4 nitrogen and oxygen atoms in total. The van der Waals surface area contributed by atoms with Gasteiger partial charge >= 0.3 is 6.09 Å². The number of amides is 1. The molecular weight excluding hydrogens is 367 g/mol. The predicted octanol–water partition coefficient (Wildman–Crippen LogP) is 5.46. The van der Waals surface area contributed by atoms with Crippen LogP contribution in [0.5, 0.6) is 0 Å². The van der Waals surface area contributed by atoms with Crippen LogP contribution in [0.15, 0.2) is 42.5 Å². The van der Waals surface area contributed by atoms with Crippen molar-refractivity contribution < 1.29 is 13.9 Å². The summed E-state index contributed by atoms with van der Waals surface area (Å²) in [5, 5.41) is 4.11. The Kier molecular flexibility index (Phi) is 6.34. The Balaban J connectivity index is 1.83. The van der Waals surface area contributed by atoms with Gasteiger partial charge in [-0.25, -0.2) is 9.18 Å². The highest BCUT2D eigenvalue weighted by Crippen LogP contribution is 2.35. The lowest BCUT2D eigenvalue weighted by molar-refractivity contribution is 0.122. The molecule has 0 aliphatic carbocycles. The molecule has 27 heavy (non-hydrogen) atoms. The maximum atomic E-state index is 13.1. The summed E-state index contributed by atoms with van der Waals surface area (Å²) in [4.78, 5) is 14.2. The molecule has 6 heteroatoms. The molecule has 1 aliphatic heterocycles. The first-order chi connectivity index (χ1) is 12.9. The minimum absolute atomic E-state index is 0.0687. The highest BCUT2D eigenvalue weighted by Gasteiger charge is 2.28. The molecule has 3 rings (SSSR count). The Morgan fingerprint density at radius 1 is 1.30 bits per heavy atom. The van der Waals surface area contributed by atoms with Crippen LogP contribution in [0.3, 0.4) is 0 Å². The number of fused-ring (bicyclic) bond motifs is 1. The number of hydrogen-bond acceptors (Lipinski definition) is 3. The summed E-state index contributed by atoms with van der Waals surface area (Å²) in [6.07, 6.45) is 1.17. The SMILES string of the molecule is CC(C)OC(=O)N1CCCC(NCc2ccc(F)cc2)c2ccc(Cl)cc21. The Labute approximate surface area is 164 Å². The zero-order chi connectivity index (χ0) is 19.4. The van der Waals surface area contributed by atoms with Crippen molar-refractivity contribution in [1.29, 1.82) is 0 Å². The third-order valence-electron chi connectivity index (χ3n) is 4.56.